The summed E-state index contributed by atoms with van der Waals surface area (Å²) in [5, 5.41) is 3.81. The summed E-state index contributed by atoms with van der Waals surface area (Å²) in [6, 6.07) is 13.5. The van der Waals surface area contributed by atoms with Crippen LogP contribution in [-0.4, -0.2) is 17.0 Å². The van der Waals surface area contributed by atoms with Crippen molar-refractivity contribution in [3.63, 3.8) is 0 Å². The first kappa shape index (κ1) is 14.3. The Balaban J connectivity index is 2.10. The molecule has 0 fully saturated rings. The number of halogens is 2. The molecule has 4 nitrogen and oxygen atoms in total. The summed E-state index contributed by atoms with van der Waals surface area (Å²) in [5.74, 6) is 1.74. The molecule has 0 unspecified atom stereocenters. The maximum atomic E-state index is 5.96. The molecule has 1 N–H and O–H groups in total. The van der Waals surface area contributed by atoms with Crippen LogP contribution in [0.25, 0.3) is 10.9 Å². The highest BCUT2D eigenvalue weighted by Gasteiger charge is 2.11. The van der Waals surface area contributed by atoms with E-state index in [1.807, 2.05) is 42.5 Å². The maximum absolute atomic E-state index is 5.96. The van der Waals surface area contributed by atoms with Gasteiger partial charge in [-0.2, -0.15) is 4.98 Å². The molecule has 0 aliphatic carbocycles. The topological polar surface area (TPSA) is 47.0 Å². The SMILES string of the molecule is CNc1nc(Oc2ccc(Br)cc2Br)c2ccccc2n1. The molecule has 1 aromatic heterocycles. The van der Waals surface area contributed by atoms with E-state index in [0.29, 0.717) is 17.6 Å². The van der Waals surface area contributed by atoms with Gasteiger partial charge in [-0.05, 0) is 46.3 Å². The van der Waals surface area contributed by atoms with Crippen LogP contribution in [0.2, 0.25) is 0 Å². The molecule has 106 valence electrons. The number of para-hydroxylation sites is 1. The summed E-state index contributed by atoms with van der Waals surface area (Å²) < 4.78 is 7.79. The molecule has 0 saturated carbocycles. The fourth-order valence-electron chi connectivity index (χ4n) is 1.90. The van der Waals surface area contributed by atoms with Crippen LogP contribution in [0.3, 0.4) is 0 Å². The van der Waals surface area contributed by atoms with Crippen LogP contribution in [0.15, 0.2) is 51.4 Å². The molecule has 6 heteroatoms. The third-order valence-corrected chi connectivity index (χ3v) is 4.01. The molecule has 0 amide bonds. The van der Waals surface area contributed by atoms with Gasteiger partial charge in [0.1, 0.15) is 5.75 Å². The van der Waals surface area contributed by atoms with Crippen LogP contribution < -0.4 is 10.1 Å². The Hall–Kier alpha value is -1.66. The number of fused-ring (bicyclic) bond motifs is 1. The Kier molecular flexibility index (Phi) is 4.07. The van der Waals surface area contributed by atoms with Gasteiger partial charge in [-0.3, -0.25) is 0 Å². The van der Waals surface area contributed by atoms with Crippen molar-refractivity contribution in [2.45, 2.75) is 0 Å². The summed E-state index contributed by atoms with van der Waals surface area (Å²) in [4.78, 5) is 8.81. The van der Waals surface area contributed by atoms with E-state index in [-0.39, 0.29) is 0 Å². The van der Waals surface area contributed by atoms with Crippen LogP contribution in [0.5, 0.6) is 11.6 Å². The minimum absolute atomic E-state index is 0.521. The van der Waals surface area contributed by atoms with E-state index in [4.69, 9.17) is 4.74 Å². The number of hydrogen-bond donors (Lipinski definition) is 1. The fourth-order valence-corrected chi connectivity index (χ4v) is 3.03. The Bertz CT molecular complexity index is 808. The molecule has 0 aliphatic rings. The summed E-state index contributed by atoms with van der Waals surface area (Å²) in [5.41, 5.74) is 0.833. The number of rotatable bonds is 3. The van der Waals surface area contributed by atoms with Gasteiger partial charge in [0.15, 0.2) is 0 Å². The van der Waals surface area contributed by atoms with Crippen LogP contribution in [-0.2, 0) is 0 Å². The average Bonchev–Trinajstić information content (AvgIpc) is 2.49. The van der Waals surface area contributed by atoms with E-state index in [9.17, 15) is 0 Å². The zero-order valence-electron chi connectivity index (χ0n) is 11.1. The normalized spacial score (nSPS) is 10.6. The first-order valence-electron chi connectivity index (χ1n) is 6.25. The van der Waals surface area contributed by atoms with Gasteiger partial charge >= 0.3 is 0 Å². The van der Waals surface area contributed by atoms with Gasteiger partial charge in [0.25, 0.3) is 0 Å². The minimum atomic E-state index is 0.521. The lowest BCUT2D eigenvalue weighted by atomic mass is 10.2. The van der Waals surface area contributed by atoms with Crippen LogP contribution in [0.1, 0.15) is 0 Å². The quantitative estimate of drug-likeness (QED) is 0.663. The predicted molar refractivity (Wildman–Crippen MR) is 91.0 cm³/mol. The van der Waals surface area contributed by atoms with E-state index < -0.39 is 0 Å². The van der Waals surface area contributed by atoms with Gasteiger partial charge in [-0.1, -0.05) is 28.1 Å². The lowest BCUT2D eigenvalue weighted by molar-refractivity contribution is 0.466. The Morgan fingerprint density at radius 3 is 2.62 bits per heavy atom. The van der Waals surface area contributed by atoms with Crippen molar-refractivity contribution < 1.29 is 4.74 Å². The van der Waals surface area contributed by atoms with Gasteiger partial charge < -0.3 is 10.1 Å². The van der Waals surface area contributed by atoms with Crippen molar-refractivity contribution in [1.82, 2.24) is 9.97 Å². The van der Waals surface area contributed by atoms with Crippen molar-refractivity contribution in [1.29, 1.82) is 0 Å². The number of hydrogen-bond acceptors (Lipinski definition) is 4. The molecule has 2 aromatic carbocycles. The zero-order chi connectivity index (χ0) is 14.8. The maximum Gasteiger partial charge on any atom is 0.232 e. The largest absolute Gasteiger partial charge is 0.437 e. The number of benzene rings is 2. The van der Waals surface area contributed by atoms with Gasteiger partial charge in [-0.15, -0.1) is 0 Å². The first-order valence-corrected chi connectivity index (χ1v) is 7.83. The summed E-state index contributed by atoms with van der Waals surface area (Å²) >= 11 is 6.91. The predicted octanol–water partition coefficient (Wildman–Crippen LogP) is 4.99. The molecule has 0 atom stereocenters. The minimum Gasteiger partial charge on any atom is -0.437 e. The smallest absolute Gasteiger partial charge is 0.232 e. The van der Waals surface area contributed by atoms with E-state index in [1.165, 1.54) is 0 Å². The van der Waals surface area contributed by atoms with Crippen molar-refractivity contribution in [2.75, 3.05) is 12.4 Å². The van der Waals surface area contributed by atoms with Crippen LogP contribution in [0, 0.1) is 0 Å². The molecule has 21 heavy (non-hydrogen) atoms. The second-order valence-corrected chi connectivity index (χ2v) is 6.07. The number of anilines is 1. The van der Waals surface area contributed by atoms with E-state index in [1.54, 1.807) is 7.05 Å². The van der Waals surface area contributed by atoms with E-state index in [2.05, 4.69) is 47.1 Å². The Labute approximate surface area is 138 Å². The lowest BCUT2D eigenvalue weighted by Crippen LogP contribution is -1.99. The zero-order valence-corrected chi connectivity index (χ0v) is 14.3. The highest BCUT2D eigenvalue weighted by Crippen LogP contribution is 2.34. The van der Waals surface area contributed by atoms with E-state index in [0.717, 1.165) is 19.8 Å². The molecule has 1 heterocycles. The number of ether oxygens (including phenoxy) is 1. The third kappa shape index (κ3) is 3.01. The molecule has 0 saturated heterocycles. The van der Waals surface area contributed by atoms with Gasteiger partial charge in [0, 0.05) is 11.5 Å². The summed E-state index contributed by atoms with van der Waals surface area (Å²) in [7, 11) is 1.78. The number of aromatic nitrogens is 2. The van der Waals surface area contributed by atoms with Gasteiger partial charge in [0.2, 0.25) is 11.8 Å². The molecular formula is C15H11Br2N3O. The second kappa shape index (κ2) is 5.99. The molecule has 3 aromatic rings. The standard InChI is InChI=1S/C15H11Br2N3O/c1-18-15-19-12-5-3-2-4-10(12)14(20-15)21-13-7-6-9(16)8-11(13)17/h2-8H,1H3,(H,18,19,20). The highest BCUT2D eigenvalue weighted by molar-refractivity contribution is 9.11. The third-order valence-electron chi connectivity index (χ3n) is 2.89. The van der Waals surface area contributed by atoms with Crippen LogP contribution in [0.4, 0.5) is 5.95 Å². The Morgan fingerprint density at radius 1 is 1.05 bits per heavy atom. The lowest BCUT2D eigenvalue weighted by Gasteiger charge is -2.11. The highest BCUT2D eigenvalue weighted by atomic mass is 79.9. The van der Waals surface area contributed by atoms with Crippen LogP contribution >= 0.6 is 31.9 Å². The molecule has 0 radical (unpaired) electrons. The van der Waals surface area contributed by atoms with E-state index >= 15 is 0 Å². The summed E-state index contributed by atoms with van der Waals surface area (Å²) in [6.45, 7) is 0. The van der Waals surface area contributed by atoms with Crippen molar-refractivity contribution in [2.24, 2.45) is 0 Å². The van der Waals surface area contributed by atoms with Gasteiger partial charge in [0.05, 0.1) is 15.4 Å². The number of nitrogens with zero attached hydrogens (tertiary/aromatic N) is 2. The summed E-state index contributed by atoms with van der Waals surface area (Å²) in [6.07, 6.45) is 0. The molecule has 0 spiro atoms. The molecule has 0 bridgehead atoms. The monoisotopic (exact) mass is 407 g/mol. The average molecular weight is 409 g/mol. The molecular weight excluding hydrogens is 398 g/mol. The van der Waals surface area contributed by atoms with Gasteiger partial charge in [-0.25, -0.2) is 4.98 Å². The Morgan fingerprint density at radius 2 is 1.86 bits per heavy atom. The molecule has 3 rings (SSSR count). The van der Waals surface area contributed by atoms with Crippen molar-refractivity contribution in [3.8, 4) is 11.6 Å². The molecule has 0 aliphatic heterocycles. The fraction of sp³-hybridized carbons (Fsp3) is 0.0667. The first-order chi connectivity index (χ1) is 10.2. The van der Waals surface area contributed by atoms with Crippen molar-refractivity contribution >= 4 is 48.7 Å². The number of nitrogens with one attached hydrogen (secondary N) is 1. The van der Waals surface area contributed by atoms with Crippen molar-refractivity contribution in [3.05, 3.63) is 51.4 Å². The second-order valence-electron chi connectivity index (χ2n) is 4.30.